The molecule has 0 aliphatic heterocycles. The lowest BCUT2D eigenvalue weighted by Gasteiger charge is -2.18. The van der Waals surface area contributed by atoms with E-state index in [2.05, 4.69) is 33.0 Å². The van der Waals surface area contributed by atoms with Crippen molar-refractivity contribution < 1.29 is 4.74 Å². The largest absolute Gasteiger partial charge is 0.381 e. The van der Waals surface area contributed by atoms with Crippen LogP contribution < -0.4 is 5.32 Å². The zero-order chi connectivity index (χ0) is 10.3. The van der Waals surface area contributed by atoms with Crippen LogP contribution in [0.5, 0.6) is 0 Å². The predicted octanol–water partition coefficient (Wildman–Crippen LogP) is 2.44. The smallest absolute Gasteiger partial charge is 0.0480 e. The van der Waals surface area contributed by atoms with Crippen molar-refractivity contribution in [1.82, 2.24) is 5.32 Å². The first-order valence-electron chi connectivity index (χ1n) is 5.21. The number of rotatable bonds is 6. The second-order valence-electron chi connectivity index (χ2n) is 4.90. The summed E-state index contributed by atoms with van der Waals surface area (Å²) < 4.78 is 5.54. The molecule has 0 amide bonds. The molecule has 0 rings (SSSR count). The van der Waals surface area contributed by atoms with Crippen LogP contribution in [0.4, 0.5) is 0 Å². The maximum atomic E-state index is 5.54. The molecule has 0 fully saturated rings. The third-order valence-corrected chi connectivity index (χ3v) is 2.18. The Kier molecular flexibility index (Phi) is 6.35. The summed E-state index contributed by atoms with van der Waals surface area (Å²) in [5.41, 5.74) is 0.397. The van der Waals surface area contributed by atoms with Gasteiger partial charge in [0.05, 0.1) is 0 Å². The van der Waals surface area contributed by atoms with Crippen molar-refractivity contribution in [3.63, 3.8) is 0 Å². The highest BCUT2D eigenvalue weighted by atomic mass is 16.5. The van der Waals surface area contributed by atoms with E-state index in [9.17, 15) is 0 Å². The second-order valence-corrected chi connectivity index (χ2v) is 4.90. The number of hydrogen-bond donors (Lipinski definition) is 1. The van der Waals surface area contributed by atoms with E-state index >= 15 is 0 Å². The maximum Gasteiger partial charge on any atom is 0.0480 e. The molecule has 0 bridgehead atoms. The molecule has 0 saturated carbocycles. The molecule has 1 N–H and O–H groups in total. The summed E-state index contributed by atoms with van der Waals surface area (Å²) in [4.78, 5) is 0. The van der Waals surface area contributed by atoms with Crippen LogP contribution >= 0.6 is 0 Å². The number of ether oxygens (including phenoxy) is 1. The molecule has 0 heterocycles. The second kappa shape index (κ2) is 6.39. The SMILES string of the molecule is CNC(C)CCOCCC(C)(C)C. The number of hydrogen-bond acceptors (Lipinski definition) is 2. The lowest BCUT2D eigenvalue weighted by Crippen LogP contribution is -2.23. The molecule has 0 spiro atoms. The fourth-order valence-electron chi connectivity index (χ4n) is 0.885. The minimum atomic E-state index is 0.397. The van der Waals surface area contributed by atoms with Gasteiger partial charge < -0.3 is 10.1 Å². The number of nitrogens with one attached hydrogen (secondary N) is 1. The normalized spacial score (nSPS) is 14.5. The van der Waals surface area contributed by atoms with Crippen molar-refractivity contribution >= 4 is 0 Å². The Bertz CT molecular complexity index is 118. The monoisotopic (exact) mass is 187 g/mol. The highest BCUT2D eigenvalue weighted by Crippen LogP contribution is 2.17. The van der Waals surface area contributed by atoms with E-state index in [1.807, 2.05) is 7.05 Å². The lowest BCUT2D eigenvalue weighted by molar-refractivity contribution is 0.102. The highest BCUT2D eigenvalue weighted by Gasteiger charge is 2.09. The van der Waals surface area contributed by atoms with Gasteiger partial charge in [-0.15, -0.1) is 0 Å². The Morgan fingerprint density at radius 3 is 2.31 bits per heavy atom. The van der Waals surface area contributed by atoms with Crippen LogP contribution in [0, 0.1) is 5.41 Å². The van der Waals surface area contributed by atoms with E-state index < -0.39 is 0 Å². The highest BCUT2D eigenvalue weighted by molar-refractivity contribution is 4.60. The minimum absolute atomic E-state index is 0.397. The van der Waals surface area contributed by atoms with E-state index in [0.717, 1.165) is 26.1 Å². The molecule has 0 aromatic heterocycles. The molecule has 2 nitrogen and oxygen atoms in total. The summed E-state index contributed by atoms with van der Waals surface area (Å²) >= 11 is 0. The van der Waals surface area contributed by atoms with Crippen LogP contribution in [0.25, 0.3) is 0 Å². The first kappa shape index (κ1) is 12.9. The first-order valence-corrected chi connectivity index (χ1v) is 5.21. The van der Waals surface area contributed by atoms with Crippen molar-refractivity contribution in [2.24, 2.45) is 5.41 Å². The molecule has 13 heavy (non-hydrogen) atoms. The lowest BCUT2D eigenvalue weighted by atomic mass is 9.93. The van der Waals surface area contributed by atoms with Gasteiger partial charge in [0.2, 0.25) is 0 Å². The molecule has 0 aliphatic carbocycles. The third-order valence-electron chi connectivity index (χ3n) is 2.18. The fraction of sp³-hybridized carbons (Fsp3) is 1.00. The Hall–Kier alpha value is -0.0800. The topological polar surface area (TPSA) is 21.3 Å². The van der Waals surface area contributed by atoms with E-state index in [1.165, 1.54) is 0 Å². The average Bonchev–Trinajstić information content (AvgIpc) is 2.01. The first-order chi connectivity index (χ1) is 5.95. The van der Waals surface area contributed by atoms with Crippen molar-refractivity contribution in [3.8, 4) is 0 Å². The summed E-state index contributed by atoms with van der Waals surface area (Å²) in [6.45, 7) is 10.7. The van der Waals surface area contributed by atoms with Crippen molar-refractivity contribution in [2.45, 2.75) is 46.6 Å². The van der Waals surface area contributed by atoms with Crippen LogP contribution in [0.15, 0.2) is 0 Å². The summed E-state index contributed by atoms with van der Waals surface area (Å²) in [6, 6.07) is 0.564. The molecule has 1 atom stereocenters. The van der Waals surface area contributed by atoms with Crippen LogP contribution in [0.2, 0.25) is 0 Å². The van der Waals surface area contributed by atoms with Gasteiger partial charge >= 0.3 is 0 Å². The summed E-state index contributed by atoms with van der Waals surface area (Å²) in [5, 5.41) is 3.19. The van der Waals surface area contributed by atoms with Gasteiger partial charge in [-0.25, -0.2) is 0 Å². The molecule has 0 saturated heterocycles. The molecule has 0 radical (unpaired) electrons. The van der Waals surface area contributed by atoms with Gasteiger partial charge in [0.25, 0.3) is 0 Å². The van der Waals surface area contributed by atoms with E-state index in [-0.39, 0.29) is 0 Å². The summed E-state index contributed by atoms with van der Waals surface area (Å²) in [6.07, 6.45) is 2.24. The Labute approximate surface area is 83.1 Å². The molecular weight excluding hydrogens is 162 g/mol. The van der Waals surface area contributed by atoms with Gasteiger partial charge in [-0.1, -0.05) is 20.8 Å². The Morgan fingerprint density at radius 1 is 1.23 bits per heavy atom. The standard InChI is InChI=1S/C11H25NO/c1-10(12-5)6-8-13-9-7-11(2,3)4/h10,12H,6-9H2,1-5H3. The fourth-order valence-corrected chi connectivity index (χ4v) is 0.885. The van der Waals surface area contributed by atoms with E-state index in [4.69, 9.17) is 4.74 Å². The Morgan fingerprint density at radius 2 is 1.85 bits per heavy atom. The zero-order valence-corrected chi connectivity index (χ0v) is 9.81. The van der Waals surface area contributed by atoms with Crippen molar-refractivity contribution in [1.29, 1.82) is 0 Å². The van der Waals surface area contributed by atoms with Gasteiger partial charge in [0, 0.05) is 19.3 Å². The van der Waals surface area contributed by atoms with E-state index in [1.54, 1.807) is 0 Å². The molecule has 2 heteroatoms. The molecule has 0 aromatic rings. The van der Waals surface area contributed by atoms with Crippen LogP contribution in [0.3, 0.4) is 0 Å². The zero-order valence-electron chi connectivity index (χ0n) is 9.81. The van der Waals surface area contributed by atoms with Crippen LogP contribution in [0.1, 0.15) is 40.5 Å². The van der Waals surface area contributed by atoms with Crippen molar-refractivity contribution in [3.05, 3.63) is 0 Å². The van der Waals surface area contributed by atoms with Gasteiger partial charge in [-0.05, 0) is 32.2 Å². The molecule has 1 unspecified atom stereocenters. The van der Waals surface area contributed by atoms with Crippen LogP contribution in [-0.4, -0.2) is 26.3 Å². The van der Waals surface area contributed by atoms with E-state index in [0.29, 0.717) is 11.5 Å². The molecule has 80 valence electrons. The average molecular weight is 187 g/mol. The van der Waals surface area contributed by atoms with Crippen molar-refractivity contribution in [2.75, 3.05) is 20.3 Å². The predicted molar refractivity (Wildman–Crippen MR) is 58.0 cm³/mol. The summed E-state index contributed by atoms with van der Waals surface area (Å²) in [5.74, 6) is 0. The third kappa shape index (κ3) is 9.84. The Balaban J connectivity index is 3.18. The minimum Gasteiger partial charge on any atom is -0.381 e. The van der Waals surface area contributed by atoms with Gasteiger partial charge in [-0.2, -0.15) is 0 Å². The molecular formula is C11H25NO. The maximum absolute atomic E-state index is 5.54. The quantitative estimate of drug-likeness (QED) is 0.645. The summed E-state index contributed by atoms with van der Waals surface area (Å²) in [7, 11) is 1.99. The van der Waals surface area contributed by atoms with Crippen LogP contribution in [-0.2, 0) is 4.74 Å². The van der Waals surface area contributed by atoms with Gasteiger partial charge in [0.15, 0.2) is 0 Å². The van der Waals surface area contributed by atoms with Gasteiger partial charge in [-0.3, -0.25) is 0 Å². The molecule has 0 aromatic carbocycles. The molecule has 0 aliphatic rings. The van der Waals surface area contributed by atoms with Gasteiger partial charge in [0.1, 0.15) is 0 Å².